The topological polar surface area (TPSA) is 109 Å². The number of benzene rings is 3. The summed E-state index contributed by atoms with van der Waals surface area (Å²) in [5, 5.41) is 27.3. The van der Waals surface area contributed by atoms with Gasteiger partial charge in [-0.3, -0.25) is 4.79 Å². The largest absolute Gasteiger partial charge is 0.271 e. The summed E-state index contributed by atoms with van der Waals surface area (Å²) >= 11 is 0. The van der Waals surface area contributed by atoms with Crippen molar-refractivity contribution in [2.24, 2.45) is 5.10 Å². The Labute approximate surface area is 166 Å². The molecule has 0 aliphatic carbocycles. The first-order valence-electron chi connectivity index (χ1n) is 8.81. The van der Waals surface area contributed by atoms with Gasteiger partial charge in [0.25, 0.3) is 5.91 Å². The van der Waals surface area contributed by atoms with Gasteiger partial charge in [-0.25, -0.2) is 5.43 Å². The van der Waals surface area contributed by atoms with Crippen LogP contribution in [0.2, 0.25) is 0 Å². The summed E-state index contributed by atoms with van der Waals surface area (Å²) in [6.07, 6.45) is 1.60. The van der Waals surface area contributed by atoms with E-state index < -0.39 is 0 Å². The lowest BCUT2D eigenvalue weighted by Gasteiger charge is -2.02. The van der Waals surface area contributed by atoms with Crippen LogP contribution in [0.4, 0.5) is 0 Å². The first kappa shape index (κ1) is 18.0. The molecule has 1 heterocycles. The van der Waals surface area contributed by atoms with Crippen molar-refractivity contribution in [2.45, 2.75) is 6.54 Å². The van der Waals surface area contributed by atoms with Crippen LogP contribution < -0.4 is 5.43 Å². The number of amides is 1. The van der Waals surface area contributed by atoms with Crippen LogP contribution in [-0.2, 0) is 11.3 Å². The van der Waals surface area contributed by atoms with Crippen molar-refractivity contribution < 1.29 is 4.79 Å². The molecule has 29 heavy (non-hydrogen) atoms. The summed E-state index contributed by atoms with van der Waals surface area (Å²) in [6.45, 7) is -0.144. The van der Waals surface area contributed by atoms with Crippen LogP contribution in [-0.4, -0.2) is 32.3 Å². The number of carbonyl (C=O) groups is 1. The quantitative estimate of drug-likeness (QED) is 0.422. The van der Waals surface area contributed by atoms with Crippen molar-refractivity contribution in [1.29, 1.82) is 5.26 Å². The van der Waals surface area contributed by atoms with E-state index in [0.717, 1.165) is 21.1 Å². The minimum absolute atomic E-state index is 0.144. The van der Waals surface area contributed by atoms with Gasteiger partial charge in [0.2, 0.25) is 5.82 Å². The SMILES string of the molecule is N#Cc1ccccc1-c1nnn(CC(=O)N/N=C/c2cccc3ccccc23)n1. The van der Waals surface area contributed by atoms with Crippen LogP contribution in [0.25, 0.3) is 22.2 Å². The predicted octanol–water partition coefficient (Wildman–Crippen LogP) is 2.52. The molecule has 0 saturated carbocycles. The minimum Gasteiger partial charge on any atom is -0.271 e. The highest BCUT2D eigenvalue weighted by molar-refractivity contribution is 5.99. The highest BCUT2D eigenvalue weighted by atomic mass is 16.2. The average Bonchev–Trinajstić information content (AvgIpc) is 3.22. The van der Waals surface area contributed by atoms with E-state index in [1.54, 1.807) is 30.5 Å². The van der Waals surface area contributed by atoms with Crippen molar-refractivity contribution in [2.75, 3.05) is 0 Å². The third-order valence-corrected chi connectivity index (χ3v) is 4.24. The number of carbonyl (C=O) groups excluding carboxylic acids is 1. The van der Waals surface area contributed by atoms with Gasteiger partial charge >= 0.3 is 0 Å². The fraction of sp³-hybridized carbons (Fsp3) is 0.0476. The minimum atomic E-state index is -0.390. The molecule has 8 heteroatoms. The van der Waals surface area contributed by atoms with Crippen molar-refractivity contribution in [3.8, 4) is 17.5 Å². The fourth-order valence-electron chi connectivity index (χ4n) is 2.89. The Balaban J connectivity index is 1.42. The molecular formula is C21H15N7O. The number of hydrogen-bond acceptors (Lipinski definition) is 6. The maximum absolute atomic E-state index is 12.1. The lowest BCUT2D eigenvalue weighted by molar-refractivity contribution is -0.122. The average molecular weight is 381 g/mol. The van der Waals surface area contributed by atoms with Crippen molar-refractivity contribution >= 4 is 22.9 Å². The molecule has 1 N–H and O–H groups in total. The van der Waals surface area contributed by atoms with E-state index in [2.05, 4.69) is 32.0 Å². The second-order valence-corrected chi connectivity index (χ2v) is 6.16. The van der Waals surface area contributed by atoms with E-state index >= 15 is 0 Å². The molecular weight excluding hydrogens is 366 g/mol. The van der Waals surface area contributed by atoms with Gasteiger partial charge < -0.3 is 0 Å². The monoisotopic (exact) mass is 381 g/mol. The Morgan fingerprint density at radius 2 is 1.90 bits per heavy atom. The van der Waals surface area contributed by atoms with Gasteiger partial charge in [0.15, 0.2) is 0 Å². The molecule has 0 spiro atoms. The maximum atomic E-state index is 12.1. The summed E-state index contributed by atoms with van der Waals surface area (Å²) in [6, 6.07) is 22.9. The summed E-state index contributed by atoms with van der Waals surface area (Å²) in [5.41, 5.74) is 4.37. The Morgan fingerprint density at radius 1 is 1.10 bits per heavy atom. The van der Waals surface area contributed by atoms with E-state index in [4.69, 9.17) is 0 Å². The number of fused-ring (bicyclic) bond motifs is 1. The number of nitrogens with zero attached hydrogens (tertiary/aromatic N) is 6. The molecule has 1 amide bonds. The Hall–Kier alpha value is -4.38. The second-order valence-electron chi connectivity index (χ2n) is 6.16. The van der Waals surface area contributed by atoms with Crippen molar-refractivity contribution in [3.63, 3.8) is 0 Å². The van der Waals surface area contributed by atoms with Gasteiger partial charge in [-0.05, 0) is 28.1 Å². The lowest BCUT2D eigenvalue weighted by atomic mass is 10.1. The summed E-state index contributed by atoms with van der Waals surface area (Å²) in [5.74, 6) is -0.104. The van der Waals surface area contributed by atoms with Crippen LogP contribution in [0.15, 0.2) is 71.8 Å². The molecule has 0 fully saturated rings. The molecule has 8 nitrogen and oxygen atoms in total. The number of tetrazole rings is 1. The van der Waals surface area contributed by atoms with E-state index in [1.807, 2.05) is 42.5 Å². The van der Waals surface area contributed by atoms with Gasteiger partial charge in [-0.15, -0.1) is 10.2 Å². The van der Waals surface area contributed by atoms with Gasteiger partial charge in [-0.2, -0.15) is 15.2 Å². The first-order chi connectivity index (χ1) is 14.2. The van der Waals surface area contributed by atoms with Crippen LogP contribution >= 0.6 is 0 Å². The Kier molecular flexibility index (Phi) is 5.03. The highest BCUT2D eigenvalue weighted by Crippen LogP contribution is 2.18. The van der Waals surface area contributed by atoms with Crippen LogP contribution in [0.1, 0.15) is 11.1 Å². The molecule has 3 aromatic carbocycles. The zero-order valence-corrected chi connectivity index (χ0v) is 15.2. The first-order valence-corrected chi connectivity index (χ1v) is 8.81. The number of rotatable bonds is 5. The fourth-order valence-corrected chi connectivity index (χ4v) is 2.89. The standard InChI is InChI=1S/C21H15N7O/c22-12-16-7-2-4-11-19(16)21-25-27-28(26-21)14-20(29)24-23-13-17-9-5-8-15-6-1-3-10-18(15)17/h1-11,13H,14H2,(H,24,29)/b23-13+. The zero-order chi connectivity index (χ0) is 20.1. The molecule has 0 bridgehead atoms. The molecule has 1 aromatic heterocycles. The number of nitriles is 1. The molecule has 0 aliphatic heterocycles. The molecule has 140 valence electrons. The Bertz CT molecular complexity index is 1250. The van der Waals surface area contributed by atoms with E-state index in [-0.39, 0.29) is 18.3 Å². The normalized spacial score (nSPS) is 10.9. The molecule has 4 aromatic rings. The van der Waals surface area contributed by atoms with E-state index in [1.165, 1.54) is 0 Å². The van der Waals surface area contributed by atoms with Crippen LogP contribution in [0.3, 0.4) is 0 Å². The van der Waals surface area contributed by atoms with Gasteiger partial charge in [0.05, 0.1) is 17.8 Å². The van der Waals surface area contributed by atoms with Gasteiger partial charge in [0, 0.05) is 11.1 Å². The third kappa shape index (κ3) is 3.99. The van der Waals surface area contributed by atoms with Crippen molar-refractivity contribution in [1.82, 2.24) is 25.6 Å². The number of nitrogens with one attached hydrogen (secondary N) is 1. The van der Waals surface area contributed by atoms with E-state index in [0.29, 0.717) is 11.1 Å². The van der Waals surface area contributed by atoms with Crippen LogP contribution in [0.5, 0.6) is 0 Å². The zero-order valence-electron chi connectivity index (χ0n) is 15.2. The summed E-state index contributed by atoms with van der Waals surface area (Å²) in [7, 11) is 0. The predicted molar refractivity (Wildman–Crippen MR) is 108 cm³/mol. The van der Waals surface area contributed by atoms with Crippen LogP contribution in [0, 0.1) is 11.3 Å². The maximum Gasteiger partial charge on any atom is 0.263 e. The number of aromatic nitrogens is 4. The molecule has 0 atom stereocenters. The highest BCUT2D eigenvalue weighted by Gasteiger charge is 2.12. The summed E-state index contributed by atoms with van der Waals surface area (Å²) in [4.78, 5) is 13.3. The van der Waals surface area contributed by atoms with E-state index in [9.17, 15) is 10.1 Å². The molecule has 0 unspecified atom stereocenters. The molecule has 4 rings (SSSR count). The van der Waals surface area contributed by atoms with Gasteiger partial charge in [0.1, 0.15) is 6.54 Å². The summed E-state index contributed by atoms with van der Waals surface area (Å²) < 4.78 is 0. The molecule has 0 aliphatic rings. The third-order valence-electron chi connectivity index (χ3n) is 4.24. The molecule has 0 saturated heterocycles. The Morgan fingerprint density at radius 3 is 2.79 bits per heavy atom. The number of hydrazone groups is 1. The van der Waals surface area contributed by atoms with Gasteiger partial charge in [-0.1, -0.05) is 54.6 Å². The second kappa shape index (κ2) is 8.10. The smallest absolute Gasteiger partial charge is 0.263 e. The van der Waals surface area contributed by atoms with Crippen molar-refractivity contribution in [3.05, 3.63) is 77.9 Å². The molecule has 0 radical (unpaired) electrons. The number of hydrogen-bond donors (Lipinski definition) is 1. The lowest BCUT2D eigenvalue weighted by Crippen LogP contribution is -2.24.